The van der Waals surface area contributed by atoms with Crippen molar-refractivity contribution >= 4 is 0 Å². The first-order valence-corrected chi connectivity index (χ1v) is 6.47. The minimum absolute atomic E-state index is 0.160. The number of hydrogen-bond donors (Lipinski definition) is 2. The van der Waals surface area contributed by atoms with Crippen molar-refractivity contribution in [2.45, 2.75) is 39.7 Å². The van der Waals surface area contributed by atoms with E-state index in [1.165, 1.54) is 16.7 Å². The molecule has 0 spiro atoms. The van der Waals surface area contributed by atoms with Crippen molar-refractivity contribution in [3.63, 3.8) is 0 Å². The Bertz CT molecular complexity index is 394. The number of methoxy groups -OCH3 is 1. The Morgan fingerprint density at radius 3 is 2.50 bits per heavy atom. The van der Waals surface area contributed by atoms with Gasteiger partial charge < -0.3 is 15.8 Å². The molecule has 0 unspecified atom stereocenters. The normalized spacial score (nSPS) is 11.7. The van der Waals surface area contributed by atoms with Crippen molar-refractivity contribution in [2.24, 2.45) is 5.73 Å². The van der Waals surface area contributed by atoms with Crippen molar-refractivity contribution < 1.29 is 4.74 Å². The van der Waals surface area contributed by atoms with Crippen LogP contribution in [0.15, 0.2) is 12.1 Å². The number of ether oxygens (including phenoxy) is 1. The van der Waals surface area contributed by atoms with E-state index in [2.05, 4.69) is 31.3 Å². The molecule has 0 aromatic heterocycles. The lowest BCUT2D eigenvalue weighted by atomic mass is 10.0. The van der Waals surface area contributed by atoms with E-state index >= 15 is 0 Å². The maximum Gasteiger partial charge on any atom is 0.125 e. The van der Waals surface area contributed by atoms with Gasteiger partial charge in [0.15, 0.2) is 0 Å². The standard InChI is InChI=1S/C15H26N2O/c1-11-8-12(2)14(18-5)13(9-11)6-7-17-10-15(3,4)16/h8-9,17H,6-7,10,16H2,1-5H3. The molecule has 102 valence electrons. The van der Waals surface area contributed by atoms with Crippen LogP contribution in [0.25, 0.3) is 0 Å². The highest BCUT2D eigenvalue weighted by molar-refractivity contribution is 5.43. The molecule has 0 amide bonds. The van der Waals surface area contributed by atoms with E-state index in [9.17, 15) is 0 Å². The van der Waals surface area contributed by atoms with Gasteiger partial charge in [-0.3, -0.25) is 0 Å². The fourth-order valence-corrected chi connectivity index (χ4v) is 2.15. The number of rotatable bonds is 6. The average molecular weight is 250 g/mol. The summed E-state index contributed by atoms with van der Waals surface area (Å²) in [7, 11) is 1.73. The zero-order valence-electron chi connectivity index (χ0n) is 12.3. The predicted octanol–water partition coefficient (Wildman–Crippen LogP) is 2.18. The molecule has 18 heavy (non-hydrogen) atoms. The van der Waals surface area contributed by atoms with Crippen molar-refractivity contribution in [3.8, 4) is 5.75 Å². The maximum absolute atomic E-state index is 5.93. The Balaban J connectivity index is 2.61. The predicted molar refractivity (Wildman–Crippen MR) is 77.3 cm³/mol. The number of hydrogen-bond acceptors (Lipinski definition) is 3. The van der Waals surface area contributed by atoms with E-state index in [-0.39, 0.29) is 5.54 Å². The Morgan fingerprint density at radius 2 is 1.94 bits per heavy atom. The molecule has 0 aliphatic carbocycles. The number of nitrogens with one attached hydrogen (secondary N) is 1. The van der Waals surface area contributed by atoms with Gasteiger partial charge in [-0.2, -0.15) is 0 Å². The molecule has 1 aromatic carbocycles. The van der Waals surface area contributed by atoms with Crippen LogP contribution in [0.2, 0.25) is 0 Å². The summed E-state index contributed by atoms with van der Waals surface area (Å²) >= 11 is 0. The highest BCUT2D eigenvalue weighted by atomic mass is 16.5. The molecule has 1 rings (SSSR count). The molecule has 0 saturated heterocycles. The second-order valence-corrected chi connectivity index (χ2v) is 5.69. The van der Waals surface area contributed by atoms with Crippen LogP contribution in [0.1, 0.15) is 30.5 Å². The minimum atomic E-state index is -0.160. The first kappa shape index (κ1) is 15.0. The number of benzene rings is 1. The third-order valence-electron chi connectivity index (χ3n) is 2.85. The highest BCUT2D eigenvalue weighted by Gasteiger charge is 2.10. The minimum Gasteiger partial charge on any atom is -0.496 e. The zero-order valence-corrected chi connectivity index (χ0v) is 12.3. The van der Waals surface area contributed by atoms with Crippen molar-refractivity contribution in [1.82, 2.24) is 5.32 Å². The van der Waals surface area contributed by atoms with Crippen LogP contribution in [0.4, 0.5) is 0 Å². The number of nitrogens with two attached hydrogens (primary N) is 1. The lowest BCUT2D eigenvalue weighted by Crippen LogP contribution is -2.43. The summed E-state index contributed by atoms with van der Waals surface area (Å²) in [6.07, 6.45) is 0.960. The summed E-state index contributed by atoms with van der Waals surface area (Å²) < 4.78 is 5.48. The van der Waals surface area contributed by atoms with E-state index < -0.39 is 0 Å². The summed E-state index contributed by atoms with van der Waals surface area (Å²) in [5.41, 5.74) is 9.51. The molecule has 1 aromatic rings. The van der Waals surface area contributed by atoms with Gasteiger partial charge in [0.25, 0.3) is 0 Å². The molecule has 0 aliphatic rings. The van der Waals surface area contributed by atoms with Crippen molar-refractivity contribution in [3.05, 3.63) is 28.8 Å². The second-order valence-electron chi connectivity index (χ2n) is 5.69. The molecule has 0 fully saturated rings. The fraction of sp³-hybridized carbons (Fsp3) is 0.600. The van der Waals surface area contributed by atoms with Crippen LogP contribution in [0.5, 0.6) is 5.75 Å². The van der Waals surface area contributed by atoms with Gasteiger partial charge in [-0.05, 0) is 51.8 Å². The van der Waals surface area contributed by atoms with E-state index in [1.54, 1.807) is 7.11 Å². The quantitative estimate of drug-likeness (QED) is 0.761. The molecule has 0 atom stereocenters. The van der Waals surface area contributed by atoms with Gasteiger partial charge in [0, 0.05) is 12.1 Å². The third kappa shape index (κ3) is 4.67. The second kappa shape index (κ2) is 6.21. The van der Waals surface area contributed by atoms with Crippen molar-refractivity contribution in [1.29, 1.82) is 0 Å². The Labute approximate surface area is 111 Å². The molecule has 0 aliphatic heterocycles. The van der Waals surface area contributed by atoms with Gasteiger partial charge >= 0.3 is 0 Å². The number of aryl methyl sites for hydroxylation is 2. The lowest BCUT2D eigenvalue weighted by molar-refractivity contribution is 0.405. The summed E-state index contributed by atoms with van der Waals surface area (Å²) in [5.74, 6) is 1.01. The zero-order chi connectivity index (χ0) is 13.8. The van der Waals surface area contributed by atoms with E-state index in [0.717, 1.165) is 25.3 Å². The van der Waals surface area contributed by atoms with Gasteiger partial charge in [-0.1, -0.05) is 17.7 Å². The summed E-state index contributed by atoms with van der Waals surface area (Å²) in [6, 6.07) is 4.35. The van der Waals surface area contributed by atoms with Crippen LogP contribution in [0.3, 0.4) is 0 Å². The Morgan fingerprint density at radius 1 is 1.28 bits per heavy atom. The SMILES string of the molecule is COc1c(C)cc(C)cc1CCNCC(C)(C)N. The molecule has 0 radical (unpaired) electrons. The van der Waals surface area contributed by atoms with Gasteiger partial charge in [0.05, 0.1) is 7.11 Å². The molecule has 0 saturated carbocycles. The molecule has 0 bridgehead atoms. The molecular formula is C15H26N2O. The van der Waals surface area contributed by atoms with Crippen LogP contribution < -0.4 is 15.8 Å². The van der Waals surface area contributed by atoms with Gasteiger partial charge in [0.2, 0.25) is 0 Å². The van der Waals surface area contributed by atoms with E-state index in [4.69, 9.17) is 10.5 Å². The lowest BCUT2D eigenvalue weighted by Gasteiger charge is -2.19. The van der Waals surface area contributed by atoms with Crippen LogP contribution in [-0.2, 0) is 6.42 Å². The summed E-state index contributed by atoms with van der Waals surface area (Å²) in [5, 5.41) is 3.38. The van der Waals surface area contributed by atoms with E-state index in [1.807, 2.05) is 13.8 Å². The first-order valence-electron chi connectivity index (χ1n) is 6.47. The van der Waals surface area contributed by atoms with Crippen LogP contribution >= 0.6 is 0 Å². The third-order valence-corrected chi connectivity index (χ3v) is 2.85. The van der Waals surface area contributed by atoms with Crippen LogP contribution in [-0.4, -0.2) is 25.7 Å². The molecule has 3 heteroatoms. The molecule has 0 heterocycles. The van der Waals surface area contributed by atoms with Gasteiger partial charge in [-0.15, -0.1) is 0 Å². The largest absolute Gasteiger partial charge is 0.496 e. The van der Waals surface area contributed by atoms with Crippen LogP contribution in [0, 0.1) is 13.8 Å². The van der Waals surface area contributed by atoms with Crippen molar-refractivity contribution in [2.75, 3.05) is 20.2 Å². The monoisotopic (exact) mass is 250 g/mol. The maximum atomic E-state index is 5.93. The van der Waals surface area contributed by atoms with Gasteiger partial charge in [0.1, 0.15) is 5.75 Å². The highest BCUT2D eigenvalue weighted by Crippen LogP contribution is 2.25. The average Bonchev–Trinajstić information content (AvgIpc) is 2.22. The Hall–Kier alpha value is -1.06. The fourth-order valence-electron chi connectivity index (χ4n) is 2.15. The van der Waals surface area contributed by atoms with Gasteiger partial charge in [-0.25, -0.2) is 0 Å². The molecule has 3 nitrogen and oxygen atoms in total. The van der Waals surface area contributed by atoms with E-state index in [0.29, 0.717) is 0 Å². The molecule has 3 N–H and O–H groups in total. The first-order chi connectivity index (χ1) is 8.33. The summed E-state index contributed by atoms with van der Waals surface area (Å²) in [4.78, 5) is 0. The molecular weight excluding hydrogens is 224 g/mol. The topological polar surface area (TPSA) is 47.3 Å². The summed E-state index contributed by atoms with van der Waals surface area (Å²) in [6.45, 7) is 9.99. The Kier molecular flexibility index (Phi) is 5.17. The smallest absolute Gasteiger partial charge is 0.125 e.